The van der Waals surface area contributed by atoms with Crippen molar-refractivity contribution in [2.24, 2.45) is 12.2 Å². The molecule has 7 nitrogen and oxygen atoms in total. The highest BCUT2D eigenvalue weighted by Gasteiger charge is 2.56. The Morgan fingerprint density at radius 3 is 2.42 bits per heavy atom. The van der Waals surface area contributed by atoms with E-state index in [4.69, 9.17) is 4.84 Å². The first-order chi connectivity index (χ1) is 10.8. The molecule has 0 saturated carbocycles. The maximum absolute atomic E-state index is 14.7. The van der Waals surface area contributed by atoms with Crippen LogP contribution in [0.5, 0.6) is 5.88 Å². The minimum absolute atomic E-state index is 0.380. The molecule has 0 radical (unpaired) electrons. The average Bonchev–Trinajstić information content (AvgIpc) is 2.89. The maximum atomic E-state index is 14.7. The molecule has 0 unspecified atom stereocenters. The van der Waals surface area contributed by atoms with Gasteiger partial charge in [0.05, 0.1) is 5.69 Å². The Bertz CT molecular complexity index is 786. The van der Waals surface area contributed by atoms with Gasteiger partial charge in [-0.1, -0.05) is 5.16 Å². The van der Waals surface area contributed by atoms with Gasteiger partial charge >= 0.3 is 11.9 Å². The lowest BCUT2D eigenvalue weighted by Crippen LogP contribution is -2.34. The molecular formula is C12H15F4N3O4S. The first-order valence-electron chi connectivity index (χ1n) is 6.66. The number of hydrogen-bond acceptors (Lipinski definition) is 6. The van der Waals surface area contributed by atoms with Crippen LogP contribution in [0.25, 0.3) is 0 Å². The first kappa shape index (κ1) is 18.5. The lowest BCUT2D eigenvalue weighted by Gasteiger charge is -2.18. The van der Waals surface area contributed by atoms with Crippen LogP contribution in [0.4, 0.5) is 17.6 Å². The van der Waals surface area contributed by atoms with Crippen LogP contribution >= 0.6 is 0 Å². The fraction of sp³-hybridized carbons (Fsp3) is 0.667. The largest absolute Gasteiger partial charge is 0.417 e. The molecule has 24 heavy (non-hydrogen) atoms. The lowest BCUT2D eigenvalue weighted by molar-refractivity contribution is -0.0583. The molecule has 1 aliphatic heterocycles. The molecule has 2 rings (SSSR count). The van der Waals surface area contributed by atoms with Gasteiger partial charge in [-0.05, 0) is 20.8 Å². The molecule has 136 valence electrons. The summed E-state index contributed by atoms with van der Waals surface area (Å²) in [6.45, 7) is 0.576. The SMILES string of the molecule is Cc1nn(C)c(OC(F)F)c1C(F)(F)S(=O)(=O)C1=NOC(C)(C)C1. The van der Waals surface area contributed by atoms with E-state index in [0.717, 1.165) is 14.0 Å². The number of hydrogen-bond donors (Lipinski definition) is 0. The first-order valence-corrected chi connectivity index (χ1v) is 8.14. The standard InChI is InChI=1S/C12H15F4N3O4S/c1-6-8(9(19(4)17-6)22-10(13)14)12(15,16)24(20,21)7-5-11(2,3)23-18-7/h10H,5H2,1-4H3. The fourth-order valence-corrected chi connectivity index (χ4v) is 3.69. The highest BCUT2D eigenvalue weighted by Crippen LogP contribution is 2.44. The smallest absolute Gasteiger partial charge is 0.388 e. The second-order valence-corrected chi connectivity index (χ2v) is 7.79. The molecule has 0 fully saturated rings. The molecule has 0 spiro atoms. The fourth-order valence-electron chi connectivity index (χ4n) is 2.22. The summed E-state index contributed by atoms with van der Waals surface area (Å²) in [6, 6.07) is 0. The molecule has 0 saturated heterocycles. The number of sulfone groups is 1. The Morgan fingerprint density at radius 2 is 1.96 bits per heavy atom. The van der Waals surface area contributed by atoms with Crippen LogP contribution in [0.15, 0.2) is 5.16 Å². The zero-order chi connectivity index (χ0) is 18.5. The Balaban J connectivity index is 2.55. The molecule has 1 aromatic rings. The van der Waals surface area contributed by atoms with Gasteiger partial charge in [0.25, 0.3) is 9.84 Å². The van der Waals surface area contributed by atoms with E-state index in [1.165, 1.54) is 13.8 Å². The van der Waals surface area contributed by atoms with Crippen LogP contribution in [-0.2, 0) is 27.0 Å². The molecule has 1 aromatic heterocycles. The Kier molecular flexibility index (Phi) is 4.32. The van der Waals surface area contributed by atoms with Crippen LogP contribution in [0.1, 0.15) is 31.5 Å². The summed E-state index contributed by atoms with van der Waals surface area (Å²) in [4.78, 5) is 4.80. The molecule has 0 aromatic carbocycles. The van der Waals surface area contributed by atoms with Crippen LogP contribution in [0.3, 0.4) is 0 Å². The summed E-state index contributed by atoms with van der Waals surface area (Å²) in [6.07, 6.45) is -0.380. The van der Waals surface area contributed by atoms with Crippen LogP contribution in [-0.4, -0.2) is 35.5 Å². The predicted octanol–water partition coefficient (Wildman–Crippen LogP) is 2.31. The minimum atomic E-state index is -5.32. The third kappa shape index (κ3) is 2.94. The quantitative estimate of drug-likeness (QED) is 0.757. The summed E-state index contributed by atoms with van der Waals surface area (Å²) in [7, 11) is -4.24. The zero-order valence-electron chi connectivity index (χ0n) is 13.2. The Hall–Kier alpha value is -1.85. The number of alkyl halides is 4. The predicted molar refractivity (Wildman–Crippen MR) is 74.6 cm³/mol. The van der Waals surface area contributed by atoms with Crippen LogP contribution in [0.2, 0.25) is 0 Å². The van der Waals surface area contributed by atoms with Gasteiger partial charge < -0.3 is 9.57 Å². The number of aryl methyl sites for hydroxylation is 2. The number of ether oxygens (including phenoxy) is 1. The molecule has 0 amide bonds. The third-order valence-corrected chi connectivity index (χ3v) is 5.00. The zero-order valence-corrected chi connectivity index (χ0v) is 14.0. The molecule has 2 heterocycles. The van der Waals surface area contributed by atoms with Gasteiger partial charge in [0, 0.05) is 13.5 Å². The van der Waals surface area contributed by atoms with E-state index in [1.807, 2.05) is 0 Å². The van der Waals surface area contributed by atoms with E-state index in [2.05, 4.69) is 15.0 Å². The highest BCUT2D eigenvalue weighted by molar-refractivity contribution is 8.06. The molecule has 0 bridgehead atoms. The van der Waals surface area contributed by atoms with Gasteiger partial charge in [0.2, 0.25) is 5.88 Å². The van der Waals surface area contributed by atoms with E-state index >= 15 is 0 Å². The topological polar surface area (TPSA) is 82.8 Å². The van der Waals surface area contributed by atoms with Gasteiger partial charge in [0.1, 0.15) is 11.2 Å². The Labute approximate surface area is 135 Å². The summed E-state index contributed by atoms with van der Waals surface area (Å²) >= 11 is 0. The summed E-state index contributed by atoms with van der Waals surface area (Å²) in [5, 5.41) is 1.31. The summed E-state index contributed by atoms with van der Waals surface area (Å²) in [5.41, 5.74) is -2.77. The second kappa shape index (κ2) is 5.60. The van der Waals surface area contributed by atoms with E-state index < -0.39 is 49.5 Å². The van der Waals surface area contributed by atoms with Crippen molar-refractivity contribution < 1.29 is 35.6 Å². The van der Waals surface area contributed by atoms with E-state index in [0.29, 0.717) is 4.68 Å². The van der Waals surface area contributed by atoms with E-state index in [9.17, 15) is 26.0 Å². The van der Waals surface area contributed by atoms with Crippen LogP contribution < -0.4 is 4.74 Å². The summed E-state index contributed by atoms with van der Waals surface area (Å²) < 4.78 is 83.6. The number of oxime groups is 1. The van der Waals surface area contributed by atoms with Crippen LogP contribution in [0, 0.1) is 6.92 Å². The number of aromatic nitrogens is 2. The molecule has 12 heteroatoms. The van der Waals surface area contributed by atoms with Crippen molar-refractivity contribution in [3.8, 4) is 5.88 Å². The van der Waals surface area contributed by atoms with Gasteiger partial charge in [-0.2, -0.15) is 22.7 Å². The molecule has 0 aliphatic carbocycles. The average molecular weight is 373 g/mol. The molecule has 1 aliphatic rings. The van der Waals surface area contributed by atoms with Crippen molar-refractivity contribution in [3.63, 3.8) is 0 Å². The molecule has 0 N–H and O–H groups in total. The van der Waals surface area contributed by atoms with Crippen molar-refractivity contribution in [1.82, 2.24) is 9.78 Å². The number of rotatable bonds is 4. The van der Waals surface area contributed by atoms with Crippen molar-refractivity contribution >= 4 is 14.9 Å². The highest BCUT2D eigenvalue weighted by atomic mass is 32.2. The van der Waals surface area contributed by atoms with Crippen molar-refractivity contribution in [3.05, 3.63) is 11.3 Å². The maximum Gasteiger partial charge on any atom is 0.388 e. The Morgan fingerprint density at radius 1 is 1.38 bits per heavy atom. The van der Waals surface area contributed by atoms with E-state index in [1.54, 1.807) is 0 Å². The molecule has 0 atom stereocenters. The number of nitrogens with zero attached hydrogens (tertiary/aromatic N) is 3. The minimum Gasteiger partial charge on any atom is -0.417 e. The monoisotopic (exact) mass is 373 g/mol. The third-order valence-electron chi connectivity index (χ3n) is 3.28. The summed E-state index contributed by atoms with van der Waals surface area (Å²) in [5.74, 6) is -1.03. The van der Waals surface area contributed by atoms with Gasteiger partial charge in [-0.15, -0.1) is 0 Å². The number of halogens is 4. The van der Waals surface area contributed by atoms with Crippen molar-refractivity contribution in [2.45, 2.75) is 44.7 Å². The van der Waals surface area contributed by atoms with Gasteiger partial charge in [-0.25, -0.2) is 13.1 Å². The van der Waals surface area contributed by atoms with E-state index in [-0.39, 0.29) is 6.42 Å². The van der Waals surface area contributed by atoms with Crippen molar-refractivity contribution in [2.75, 3.05) is 0 Å². The van der Waals surface area contributed by atoms with Gasteiger partial charge in [0.15, 0.2) is 5.04 Å². The van der Waals surface area contributed by atoms with Crippen molar-refractivity contribution in [1.29, 1.82) is 0 Å². The normalized spacial score (nSPS) is 17.8. The second-order valence-electron chi connectivity index (χ2n) is 5.80. The lowest BCUT2D eigenvalue weighted by atomic mass is 10.1. The van der Waals surface area contributed by atoms with Gasteiger partial charge in [-0.3, -0.25) is 0 Å². The molecular weight excluding hydrogens is 358 g/mol.